The lowest BCUT2D eigenvalue weighted by Crippen LogP contribution is -2.47. The molecule has 1 fully saturated rings. The van der Waals surface area contributed by atoms with E-state index in [-0.39, 0.29) is 0 Å². The predicted molar refractivity (Wildman–Crippen MR) is 79.3 cm³/mol. The van der Waals surface area contributed by atoms with Crippen LogP contribution in [0.3, 0.4) is 0 Å². The second-order valence-corrected chi connectivity index (χ2v) is 5.78. The molecule has 1 saturated heterocycles. The van der Waals surface area contributed by atoms with E-state index >= 15 is 0 Å². The Labute approximate surface area is 115 Å². The van der Waals surface area contributed by atoms with Crippen LogP contribution in [0.25, 0.3) is 0 Å². The largest absolute Gasteiger partial charge is 0.314 e. The van der Waals surface area contributed by atoms with Gasteiger partial charge in [-0.1, -0.05) is 19.9 Å². The summed E-state index contributed by atoms with van der Waals surface area (Å²) in [5.41, 5.74) is 0. The van der Waals surface area contributed by atoms with Crippen LogP contribution in [0, 0.1) is 0 Å². The number of rotatable bonds is 6. The van der Waals surface area contributed by atoms with Crippen LogP contribution in [0.1, 0.15) is 24.8 Å². The first-order valence-corrected chi connectivity index (χ1v) is 7.93. The van der Waals surface area contributed by atoms with Crippen molar-refractivity contribution < 1.29 is 0 Å². The normalized spacial score (nSPS) is 19.3. The number of hydrogen-bond acceptors (Lipinski definition) is 4. The van der Waals surface area contributed by atoms with E-state index in [1.54, 1.807) is 0 Å². The molecule has 0 bridgehead atoms. The van der Waals surface area contributed by atoms with Gasteiger partial charge in [0.15, 0.2) is 0 Å². The van der Waals surface area contributed by atoms with Crippen molar-refractivity contribution in [3.63, 3.8) is 0 Å². The molecule has 1 aliphatic rings. The molecule has 0 radical (unpaired) electrons. The average Bonchev–Trinajstić information content (AvgIpc) is 2.95. The Balaban J connectivity index is 2.07. The molecule has 0 aromatic carbocycles. The number of nitrogens with one attached hydrogen (secondary N) is 1. The Hall–Kier alpha value is -0.420. The van der Waals surface area contributed by atoms with Crippen molar-refractivity contribution in [1.82, 2.24) is 15.1 Å². The molecular weight excluding hydrogens is 242 g/mol. The summed E-state index contributed by atoms with van der Waals surface area (Å²) in [6.45, 7) is 12.6. The molecule has 1 aromatic rings. The summed E-state index contributed by atoms with van der Waals surface area (Å²) < 4.78 is 0. The standard InChI is InChI=1S/C14H25N3S/c1-3-16(4-2)12-13(14-6-5-11-18-14)17-9-7-15-8-10-17/h5-6,11,13,15H,3-4,7-10,12H2,1-2H3. The third-order valence-electron chi connectivity index (χ3n) is 3.79. The second kappa shape index (κ2) is 7.24. The van der Waals surface area contributed by atoms with Crippen LogP contribution < -0.4 is 5.32 Å². The summed E-state index contributed by atoms with van der Waals surface area (Å²) in [6, 6.07) is 5.05. The summed E-state index contributed by atoms with van der Waals surface area (Å²) in [5.74, 6) is 0. The Morgan fingerprint density at radius 3 is 2.61 bits per heavy atom. The number of piperazine rings is 1. The zero-order valence-electron chi connectivity index (χ0n) is 11.6. The van der Waals surface area contributed by atoms with E-state index in [1.807, 2.05) is 11.3 Å². The molecule has 102 valence electrons. The Morgan fingerprint density at radius 2 is 2.06 bits per heavy atom. The van der Waals surface area contributed by atoms with Gasteiger partial charge in [0.25, 0.3) is 0 Å². The maximum absolute atomic E-state index is 3.44. The molecule has 0 amide bonds. The monoisotopic (exact) mass is 267 g/mol. The topological polar surface area (TPSA) is 18.5 Å². The lowest BCUT2D eigenvalue weighted by atomic mass is 10.1. The minimum atomic E-state index is 0.576. The summed E-state index contributed by atoms with van der Waals surface area (Å²) in [4.78, 5) is 6.69. The number of hydrogen-bond donors (Lipinski definition) is 1. The lowest BCUT2D eigenvalue weighted by Gasteiger charge is -2.37. The van der Waals surface area contributed by atoms with Crippen molar-refractivity contribution in [2.75, 3.05) is 45.8 Å². The first-order chi connectivity index (χ1) is 8.85. The molecule has 0 aliphatic carbocycles. The van der Waals surface area contributed by atoms with E-state index in [4.69, 9.17) is 0 Å². The molecule has 2 heterocycles. The Morgan fingerprint density at radius 1 is 1.33 bits per heavy atom. The van der Waals surface area contributed by atoms with Gasteiger partial charge in [0.05, 0.1) is 6.04 Å². The Bertz CT molecular complexity index is 316. The van der Waals surface area contributed by atoms with E-state index in [1.165, 1.54) is 18.0 Å². The van der Waals surface area contributed by atoms with Crippen molar-refractivity contribution in [3.05, 3.63) is 22.4 Å². The van der Waals surface area contributed by atoms with Crippen molar-refractivity contribution in [2.24, 2.45) is 0 Å². The molecule has 1 aliphatic heterocycles. The van der Waals surface area contributed by atoms with E-state index in [9.17, 15) is 0 Å². The fourth-order valence-electron chi connectivity index (χ4n) is 2.59. The third kappa shape index (κ3) is 3.54. The molecule has 1 atom stereocenters. The third-order valence-corrected chi connectivity index (χ3v) is 4.76. The maximum atomic E-state index is 3.44. The van der Waals surface area contributed by atoms with Crippen LogP contribution in [0.15, 0.2) is 17.5 Å². The zero-order valence-corrected chi connectivity index (χ0v) is 12.4. The summed E-state index contributed by atoms with van der Waals surface area (Å²) >= 11 is 1.90. The molecular formula is C14H25N3S. The van der Waals surface area contributed by atoms with Gasteiger partial charge in [-0.3, -0.25) is 4.90 Å². The van der Waals surface area contributed by atoms with Gasteiger partial charge in [-0.05, 0) is 24.5 Å². The minimum Gasteiger partial charge on any atom is -0.314 e. The lowest BCUT2D eigenvalue weighted by molar-refractivity contribution is 0.131. The highest BCUT2D eigenvalue weighted by Crippen LogP contribution is 2.26. The van der Waals surface area contributed by atoms with Gasteiger partial charge in [0.2, 0.25) is 0 Å². The van der Waals surface area contributed by atoms with Crippen molar-refractivity contribution in [2.45, 2.75) is 19.9 Å². The minimum absolute atomic E-state index is 0.576. The van der Waals surface area contributed by atoms with Gasteiger partial charge in [-0.2, -0.15) is 0 Å². The molecule has 0 saturated carbocycles. The second-order valence-electron chi connectivity index (χ2n) is 4.80. The molecule has 1 aromatic heterocycles. The molecule has 0 spiro atoms. The highest BCUT2D eigenvalue weighted by atomic mass is 32.1. The molecule has 1 N–H and O–H groups in total. The van der Waals surface area contributed by atoms with Gasteiger partial charge in [0.1, 0.15) is 0 Å². The van der Waals surface area contributed by atoms with Crippen LogP contribution in [0.5, 0.6) is 0 Å². The summed E-state index contributed by atoms with van der Waals surface area (Å²) in [7, 11) is 0. The first kappa shape index (κ1) is 14.0. The highest BCUT2D eigenvalue weighted by molar-refractivity contribution is 7.10. The summed E-state index contributed by atoms with van der Waals surface area (Å²) in [5, 5.41) is 5.65. The van der Waals surface area contributed by atoms with E-state index in [0.717, 1.165) is 32.7 Å². The van der Waals surface area contributed by atoms with Gasteiger partial charge in [-0.15, -0.1) is 11.3 Å². The first-order valence-electron chi connectivity index (χ1n) is 7.05. The van der Waals surface area contributed by atoms with Crippen molar-refractivity contribution in [3.8, 4) is 0 Å². The molecule has 1 unspecified atom stereocenters. The van der Waals surface area contributed by atoms with E-state index < -0.39 is 0 Å². The fourth-order valence-corrected chi connectivity index (χ4v) is 3.44. The van der Waals surface area contributed by atoms with Crippen LogP contribution in [-0.4, -0.2) is 55.6 Å². The molecule has 2 rings (SSSR count). The smallest absolute Gasteiger partial charge is 0.0569 e. The van der Waals surface area contributed by atoms with Gasteiger partial charge in [-0.25, -0.2) is 0 Å². The zero-order chi connectivity index (χ0) is 12.8. The van der Waals surface area contributed by atoms with Crippen molar-refractivity contribution in [1.29, 1.82) is 0 Å². The van der Waals surface area contributed by atoms with E-state index in [0.29, 0.717) is 6.04 Å². The van der Waals surface area contributed by atoms with Crippen molar-refractivity contribution >= 4 is 11.3 Å². The van der Waals surface area contributed by atoms with E-state index in [2.05, 4.69) is 46.5 Å². The number of thiophene rings is 1. The van der Waals surface area contributed by atoms with Gasteiger partial charge < -0.3 is 10.2 Å². The van der Waals surface area contributed by atoms with Gasteiger partial charge in [0, 0.05) is 37.6 Å². The highest BCUT2D eigenvalue weighted by Gasteiger charge is 2.24. The SMILES string of the molecule is CCN(CC)CC(c1cccs1)N1CCNCC1. The number of nitrogens with zero attached hydrogens (tertiary/aromatic N) is 2. The predicted octanol–water partition coefficient (Wildman–Crippen LogP) is 2.04. The van der Waals surface area contributed by atoms with Crippen LogP contribution >= 0.6 is 11.3 Å². The maximum Gasteiger partial charge on any atom is 0.0569 e. The molecule has 18 heavy (non-hydrogen) atoms. The Kier molecular flexibility index (Phi) is 5.63. The molecule has 3 nitrogen and oxygen atoms in total. The summed E-state index contributed by atoms with van der Waals surface area (Å²) in [6.07, 6.45) is 0. The van der Waals surface area contributed by atoms with Crippen LogP contribution in [-0.2, 0) is 0 Å². The molecule has 4 heteroatoms. The van der Waals surface area contributed by atoms with Crippen LogP contribution in [0.2, 0.25) is 0 Å². The quantitative estimate of drug-likeness (QED) is 0.851. The van der Waals surface area contributed by atoms with Crippen LogP contribution in [0.4, 0.5) is 0 Å². The fraction of sp³-hybridized carbons (Fsp3) is 0.714. The number of likely N-dealkylation sites (N-methyl/N-ethyl adjacent to an activating group) is 1. The average molecular weight is 267 g/mol. The van der Waals surface area contributed by atoms with Gasteiger partial charge >= 0.3 is 0 Å².